The molecule has 0 N–H and O–H groups in total. The van der Waals surface area contributed by atoms with Gasteiger partial charge in [-0.15, -0.1) is 5.10 Å². The van der Waals surface area contributed by atoms with Gasteiger partial charge in [0.15, 0.2) is 0 Å². The van der Waals surface area contributed by atoms with Gasteiger partial charge in [-0.1, -0.05) is 11.4 Å². The molecule has 0 aliphatic carbocycles. The molecule has 0 aliphatic rings. The van der Waals surface area contributed by atoms with Gasteiger partial charge in [0.1, 0.15) is 4.88 Å². The molecule has 1 amide bonds. The Balaban J connectivity index is 2.88. The van der Waals surface area contributed by atoms with Gasteiger partial charge in [0.25, 0.3) is 5.91 Å². The molecule has 0 unspecified atom stereocenters. The highest BCUT2D eigenvalue weighted by Crippen LogP contribution is 2.13. The van der Waals surface area contributed by atoms with Crippen LogP contribution in [0.2, 0.25) is 0 Å². The van der Waals surface area contributed by atoms with Crippen molar-refractivity contribution >= 4 is 17.4 Å². The average Bonchev–Trinajstić information content (AvgIpc) is 2.62. The van der Waals surface area contributed by atoms with E-state index < -0.39 is 0 Å². The van der Waals surface area contributed by atoms with Gasteiger partial charge in [-0.25, -0.2) is 5.06 Å². The standard InChI is InChI=1S/C7H11N3O2S/c1-4-5-6(13-9-8-5)7(11)10(2)12-3/h4H2,1-3H3. The van der Waals surface area contributed by atoms with Crippen molar-refractivity contribution < 1.29 is 9.63 Å². The highest BCUT2D eigenvalue weighted by molar-refractivity contribution is 7.07. The number of rotatable bonds is 3. The second-order valence-electron chi connectivity index (χ2n) is 2.39. The van der Waals surface area contributed by atoms with Crippen LogP contribution in [0.1, 0.15) is 22.3 Å². The summed E-state index contributed by atoms with van der Waals surface area (Å²) >= 11 is 1.09. The van der Waals surface area contributed by atoms with E-state index in [1.54, 1.807) is 7.05 Å². The maximum absolute atomic E-state index is 11.5. The zero-order valence-electron chi connectivity index (χ0n) is 7.77. The van der Waals surface area contributed by atoms with Gasteiger partial charge < -0.3 is 0 Å². The van der Waals surface area contributed by atoms with Gasteiger partial charge in [0, 0.05) is 7.05 Å². The Morgan fingerprint density at radius 1 is 1.69 bits per heavy atom. The summed E-state index contributed by atoms with van der Waals surface area (Å²) in [6.45, 7) is 1.93. The zero-order valence-corrected chi connectivity index (χ0v) is 8.59. The molecule has 0 fully saturated rings. The Labute approximate surface area is 80.4 Å². The van der Waals surface area contributed by atoms with Crippen molar-refractivity contribution in [3.05, 3.63) is 10.6 Å². The van der Waals surface area contributed by atoms with E-state index in [-0.39, 0.29) is 5.91 Å². The fourth-order valence-electron chi connectivity index (χ4n) is 0.828. The van der Waals surface area contributed by atoms with Crippen LogP contribution in [0, 0.1) is 0 Å². The Hall–Kier alpha value is -1.01. The molecule has 0 radical (unpaired) electrons. The summed E-state index contributed by atoms with van der Waals surface area (Å²) in [6.07, 6.45) is 0.703. The van der Waals surface area contributed by atoms with E-state index >= 15 is 0 Å². The lowest BCUT2D eigenvalue weighted by atomic mass is 10.3. The van der Waals surface area contributed by atoms with E-state index in [1.807, 2.05) is 6.92 Å². The lowest BCUT2D eigenvalue weighted by Gasteiger charge is -2.11. The normalized spacial score (nSPS) is 10.1. The fourth-order valence-corrected chi connectivity index (χ4v) is 1.55. The minimum atomic E-state index is -0.200. The van der Waals surface area contributed by atoms with Crippen molar-refractivity contribution in [2.75, 3.05) is 14.2 Å². The molecule has 0 aromatic carbocycles. The van der Waals surface area contributed by atoms with Gasteiger partial charge in [0.2, 0.25) is 0 Å². The van der Waals surface area contributed by atoms with E-state index in [9.17, 15) is 4.79 Å². The van der Waals surface area contributed by atoms with Gasteiger partial charge in [-0.05, 0) is 18.0 Å². The molecule has 0 saturated heterocycles. The Bertz CT molecular complexity index is 300. The maximum atomic E-state index is 11.5. The molecule has 72 valence electrons. The predicted molar refractivity (Wildman–Crippen MR) is 48.4 cm³/mol. The van der Waals surface area contributed by atoms with Crippen LogP contribution in [-0.4, -0.2) is 34.7 Å². The average molecular weight is 201 g/mol. The van der Waals surface area contributed by atoms with Gasteiger partial charge in [-0.3, -0.25) is 9.63 Å². The van der Waals surface area contributed by atoms with E-state index in [0.717, 1.165) is 22.3 Å². The Kier molecular flexibility index (Phi) is 3.32. The van der Waals surface area contributed by atoms with E-state index in [2.05, 4.69) is 9.59 Å². The van der Waals surface area contributed by atoms with Crippen molar-refractivity contribution in [3.63, 3.8) is 0 Å². The first-order chi connectivity index (χ1) is 6.20. The molecule has 0 saturated carbocycles. The molecule has 1 heterocycles. The number of nitrogens with zero attached hydrogens (tertiary/aromatic N) is 3. The summed E-state index contributed by atoms with van der Waals surface area (Å²) in [5.41, 5.74) is 0.721. The number of aryl methyl sites for hydroxylation is 1. The number of hydrogen-bond acceptors (Lipinski definition) is 5. The Morgan fingerprint density at radius 2 is 2.38 bits per heavy atom. The number of carbonyl (C=O) groups excluding carboxylic acids is 1. The number of hydroxylamine groups is 2. The van der Waals surface area contributed by atoms with Crippen LogP contribution >= 0.6 is 11.5 Å². The summed E-state index contributed by atoms with van der Waals surface area (Å²) in [5.74, 6) is -0.200. The second-order valence-corrected chi connectivity index (χ2v) is 3.14. The summed E-state index contributed by atoms with van der Waals surface area (Å²) < 4.78 is 3.72. The quantitative estimate of drug-likeness (QED) is 0.677. The summed E-state index contributed by atoms with van der Waals surface area (Å²) in [6, 6.07) is 0. The summed E-state index contributed by atoms with van der Waals surface area (Å²) in [7, 11) is 3.00. The third kappa shape index (κ3) is 2.02. The molecule has 1 rings (SSSR count). The van der Waals surface area contributed by atoms with Crippen LogP contribution < -0.4 is 0 Å². The first-order valence-corrected chi connectivity index (χ1v) is 4.61. The van der Waals surface area contributed by atoms with E-state index in [1.165, 1.54) is 7.11 Å². The highest BCUT2D eigenvalue weighted by Gasteiger charge is 2.18. The van der Waals surface area contributed by atoms with Gasteiger partial charge in [0.05, 0.1) is 12.8 Å². The minimum Gasteiger partial charge on any atom is -0.274 e. The van der Waals surface area contributed by atoms with Crippen LogP contribution in [0.5, 0.6) is 0 Å². The van der Waals surface area contributed by atoms with Gasteiger partial charge in [-0.2, -0.15) is 0 Å². The first-order valence-electron chi connectivity index (χ1n) is 3.84. The topological polar surface area (TPSA) is 55.3 Å². The van der Waals surface area contributed by atoms with Crippen LogP contribution in [-0.2, 0) is 11.3 Å². The number of hydrogen-bond donors (Lipinski definition) is 0. The molecule has 0 bridgehead atoms. The van der Waals surface area contributed by atoms with Crippen LogP contribution in [0.15, 0.2) is 0 Å². The monoisotopic (exact) mass is 201 g/mol. The maximum Gasteiger partial charge on any atom is 0.290 e. The molecule has 13 heavy (non-hydrogen) atoms. The number of aromatic nitrogens is 2. The molecule has 0 spiro atoms. The molecule has 5 nitrogen and oxygen atoms in total. The smallest absolute Gasteiger partial charge is 0.274 e. The third-order valence-corrected chi connectivity index (χ3v) is 2.40. The van der Waals surface area contributed by atoms with E-state index in [4.69, 9.17) is 4.84 Å². The lowest BCUT2D eigenvalue weighted by Crippen LogP contribution is -2.25. The van der Waals surface area contributed by atoms with Crippen LogP contribution in [0.25, 0.3) is 0 Å². The first kappa shape index (κ1) is 10.1. The minimum absolute atomic E-state index is 0.200. The SMILES string of the molecule is CCc1nnsc1C(=O)N(C)OC. The highest BCUT2D eigenvalue weighted by atomic mass is 32.1. The summed E-state index contributed by atoms with van der Waals surface area (Å²) in [4.78, 5) is 16.9. The second kappa shape index (κ2) is 4.29. The Morgan fingerprint density at radius 3 is 2.92 bits per heavy atom. The predicted octanol–water partition coefficient (Wildman–Crippen LogP) is 0.734. The van der Waals surface area contributed by atoms with Crippen molar-refractivity contribution in [2.45, 2.75) is 13.3 Å². The van der Waals surface area contributed by atoms with E-state index in [0.29, 0.717) is 11.3 Å². The molecule has 0 atom stereocenters. The third-order valence-electron chi connectivity index (χ3n) is 1.64. The van der Waals surface area contributed by atoms with Crippen molar-refractivity contribution in [2.24, 2.45) is 0 Å². The van der Waals surface area contributed by atoms with Crippen molar-refractivity contribution in [1.29, 1.82) is 0 Å². The molecule has 0 aliphatic heterocycles. The molecular weight excluding hydrogens is 190 g/mol. The van der Waals surface area contributed by atoms with Crippen molar-refractivity contribution in [1.82, 2.24) is 14.7 Å². The number of amides is 1. The zero-order chi connectivity index (χ0) is 9.84. The lowest BCUT2D eigenvalue weighted by molar-refractivity contribution is -0.0754. The summed E-state index contributed by atoms with van der Waals surface area (Å²) in [5, 5.41) is 5.00. The molecule has 1 aromatic rings. The fraction of sp³-hybridized carbons (Fsp3) is 0.571. The van der Waals surface area contributed by atoms with Crippen LogP contribution in [0.4, 0.5) is 0 Å². The van der Waals surface area contributed by atoms with Crippen LogP contribution in [0.3, 0.4) is 0 Å². The largest absolute Gasteiger partial charge is 0.290 e. The molecule has 1 aromatic heterocycles. The molecule has 6 heteroatoms. The number of carbonyl (C=O) groups is 1. The molecular formula is C7H11N3O2S. The van der Waals surface area contributed by atoms with Crippen molar-refractivity contribution in [3.8, 4) is 0 Å². The van der Waals surface area contributed by atoms with Gasteiger partial charge >= 0.3 is 0 Å².